The second-order valence-corrected chi connectivity index (χ2v) is 3.17. The molecule has 4 nitrogen and oxygen atoms in total. The second kappa shape index (κ2) is 3.59. The van der Waals surface area contributed by atoms with Gasteiger partial charge in [-0.1, -0.05) is 30.3 Å². The number of nitrogens with two attached hydrogens (primary N) is 1. The summed E-state index contributed by atoms with van der Waals surface area (Å²) in [7, 11) is 0. The Balaban J connectivity index is 2.30. The molecule has 4 heteroatoms. The number of hydrogen-bond acceptors (Lipinski definition) is 4. The van der Waals surface area contributed by atoms with E-state index in [1.54, 1.807) is 11.2 Å². The van der Waals surface area contributed by atoms with Crippen LogP contribution in [0.2, 0.25) is 0 Å². The van der Waals surface area contributed by atoms with Crippen LogP contribution >= 0.6 is 0 Å². The largest absolute Gasteiger partial charge is 0.290 e. The predicted molar refractivity (Wildman–Crippen MR) is 54.8 cm³/mol. The van der Waals surface area contributed by atoms with Gasteiger partial charge in [-0.3, -0.25) is 5.01 Å². The fraction of sp³-hybridized carbons (Fsp3) is 0.200. The standard InChI is InChI=1S/C10H12N4/c1-8-12-13-10(7-14(8)11)9-5-3-2-4-6-9/h2-8H,11H2,1H3. The molecule has 1 aliphatic rings. The molecule has 0 bridgehead atoms. The first-order valence-corrected chi connectivity index (χ1v) is 4.48. The minimum Gasteiger partial charge on any atom is -0.290 e. The Kier molecular flexibility index (Phi) is 2.28. The van der Waals surface area contributed by atoms with Crippen LogP contribution in [-0.2, 0) is 0 Å². The first-order chi connectivity index (χ1) is 6.77. The zero-order valence-electron chi connectivity index (χ0n) is 7.96. The van der Waals surface area contributed by atoms with E-state index in [0.29, 0.717) is 0 Å². The summed E-state index contributed by atoms with van der Waals surface area (Å²) in [6, 6.07) is 9.85. The fourth-order valence-electron chi connectivity index (χ4n) is 1.22. The van der Waals surface area contributed by atoms with Crippen molar-refractivity contribution >= 4 is 5.70 Å². The van der Waals surface area contributed by atoms with Crippen molar-refractivity contribution in [2.45, 2.75) is 13.1 Å². The van der Waals surface area contributed by atoms with Gasteiger partial charge in [0.05, 0.1) is 0 Å². The van der Waals surface area contributed by atoms with Crippen molar-refractivity contribution in [2.24, 2.45) is 16.1 Å². The summed E-state index contributed by atoms with van der Waals surface area (Å²) in [6.45, 7) is 1.89. The molecule has 2 rings (SSSR count). The van der Waals surface area contributed by atoms with Gasteiger partial charge in [-0.2, -0.15) is 10.2 Å². The van der Waals surface area contributed by atoms with Crippen molar-refractivity contribution in [2.75, 3.05) is 0 Å². The zero-order chi connectivity index (χ0) is 9.97. The maximum Gasteiger partial charge on any atom is 0.152 e. The molecule has 14 heavy (non-hydrogen) atoms. The molecule has 1 unspecified atom stereocenters. The van der Waals surface area contributed by atoms with Crippen LogP contribution in [0.25, 0.3) is 5.70 Å². The lowest BCUT2D eigenvalue weighted by Gasteiger charge is -2.22. The molecule has 1 heterocycles. The number of hydrogen-bond donors (Lipinski definition) is 1. The third-order valence-electron chi connectivity index (χ3n) is 2.10. The van der Waals surface area contributed by atoms with Crippen LogP contribution in [0.1, 0.15) is 12.5 Å². The molecule has 1 aromatic carbocycles. The average Bonchev–Trinajstić information content (AvgIpc) is 2.23. The van der Waals surface area contributed by atoms with E-state index in [0.717, 1.165) is 11.3 Å². The Labute approximate surface area is 82.7 Å². The van der Waals surface area contributed by atoms with E-state index < -0.39 is 0 Å². The molecule has 0 amide bonds. The van der Waals surface area contributed by atoms with E-state index in [1.807, 2.05) is 37.3 Å². The summed E-state index contributed by atoms with van der Waals surface area (Å²) >= 11 is 0. The molecular formula is C10H12N4. The van der Waals surface area contributed by atoms with Gasteiger partial charge >= 0.3 is 0 Å². The van der Waals surface area contributed by atoms with Crippen molar-refractivity contribution in [3.8, 4) is 0 Å². The Morgan fingerprint density at radius 2 is 2.00 bits per heavy atom. The van der Waals surface area contributed by atoms with E-state index in [1.165, 1.54) is 0 Å². The van der Waals surface area contributed by atoms with Crippen molar-refractivity contribution in [3.05, 3.63) is 42.1 Å². The number of azo groups is 1. The number of hydrazine groups is 1. The topological polar surface area (TPSA) is 54.0 Å². The predicted octanol–water partition coefficient (Wildman–Crippen LogP) is 1.97. The molecule has 72 valence electrons. The van der Waals surface area contributed by atoms with E-state index in [2.05, 4.69) is 10.2 Å². The third kappa shape index (κ3) is 1.65. The van der Waals surface area contributed by atoms with E-state index in [-0.39, 0.29) is 6.17 Å². The summed E-state index contributed by atoms with van der Waals surface area (Å²) in [5.74, 6) is 5.71. The monoisotopic (exact) mass is 188 g/mol. The molecule has 2 N–H and O–H groups in total. The lowest BCUT2D eigenvalue weighted by molar-refractivity contribution is 0.296. The lowest BCUT2D eigenvalue weighted by atomic mass is 10.2. The highest BCUT2D eigenvalue weighted by Gasteiger charge is 2.12. The van der Waals surface area contributed by atoms with E-state index in [4.69, 9.17) is 5.84 Å². The summed E-state index contributed by atoms with van der Waals surface area (Å²) in [5, 5.41) is 9.67. The van der Waals surface area contributed by atoms with Crippen LogP contribution in [-0.4, -0.2) is 11.2 Å². The van der Waals surface area contributed by atoms with Gasteiger partial charge in [-0.25, -0.2) is 5.84 Å². The number of benzene rings is 1. The van der Waals surface area contributed by atoms with E-state index >= 15 is 0 Å². The van der Waals surface area contributed by atoms with Gasteiger partial charge in [-0.05, 0) is 6.92 Å². The van der Waals surface area contributed by atoms with Crippen LogP contribution in [0.15, 0.2) is 46.8 Å². The quantitative estimate of drug-likeness (QED) is 0.685. The summed E-state index contributed by atoms with van der Waals surface area (Å²) in [4.78, 5) is 0. The van der Waals surface area contributed by atoms with Gasteiger partial charge in [0.15, 0.2) is 6.17 Å². The van der Waals surface area contributed by atoms with Crippen LogP contribution in [0.4, 0.5) is 0 Å². The highest BCUT2D eigenvalue weighted by molar-refractivity contribution is 5.63. The second-order valence-electron chi connectivity index (χ2n) is 3.17. The highest BCUT2D eigenvalue weighted by atomic mass is 15.5. The minimum absolute atomic E-state index is 0.0811. The molecule has 0 saturated carbocycles. The van der Waals surface area contributed by atoms with Gasteiger partial charge < -0.3 is 0 Å². The Bertz CT molecular complexity index is 369. The van der Waals surface area contributed by atoms with Gasteiger partial charge in [-0.15, -0.1) is 0 Å². The molecule has 0 radical (unpaired) electrons. The first kappa shape index (κ1) is 8.90. The van der Waals surface area contributed by atoms with Crippen LogP contribution in [0, 0.1) is 0 Å². The molecule has 1 aliphatic heterocycles. The molecule has 1 atom stereocenters. The molecule has 0 spiro atoms. The lowest BCUT2D eigenvalue weighted by Crippen LogP contribution is -2.34. The Hall–Kier alpha value is -1.68. The maximum absolute atomic E-state index is 5.71. The van der Waals surface area contributed by atoms with Gasteiger partial charge in [0.1, 0.15) is 5.70 Å². The van der Waals surface area contributed by atoms with E-state index in [9.17, 15) is 0 Å². The van der Waals surface area contributed by atoms with Crippen molar-refractivity contribution in [1.82, 2.24) is 5.01 Å². The maximum atomic E-state index is 5.71. The molecule has 1 aromatic rings. The Morgan fingerprint density at radius 3 is 2.64 bits per heavy atom. The van der Waals surface area contributed by atoms with Gasteiger partial charge in [0.2, 0.25) is 0 Å². The first-order valence-electron chi connectivity index (χ1n) is 4.48. The molecule has 0 aliphatic carbocycles. The van der Waals surface area contributed by atoms with Gasteiger partial charge in [0.25, 0.3) is 0 Å². The normalized spacial score (nSPS) is 20.9. The van der Waals surface area contributed by atoms with Crippen molar-refractivity contribution in [1.29, 1.82) is 0 Å². The number of rotatable bonds is 1. The summed E-state index contributed by atoms with van der Waals surface area (Å²) < 4.78 is 0. The molecule has 0 aromatic heterocycles. The molecular weight excluding hydrogens is 176 g/mol. The Morgan fingerprint density at radius 1 is 1.29 bits per heavy atom. The molecule has 0 saturated heterocycles. The fourth-order valence-corrected chi connectivity index (χ4v) is 1.22. The zero-order valence-corrected chi connectivity index (χ0v) is 7.96. The summed E-state index contributed by atoms with van der Waals surface area (Å²) in [6.07, 6.45) is 1.72. The highest BCUT2D eigenvalue weighted by Crippen LogP contribution is 2.20. The molecule has 0 fully saturated rings. The van der Waals surface area contributed by atoms with Crippen LogP contribution in [0.5, 0.6) is 0 Å². The van der Waals surface area contributed by atoms with Crippen molar-refractivity contribution < 1.29 is 0 Å². The van der Waals surface area contributed by atoms with Crippen LogP contribution in [0.3, 0.4) is 0 Å². The summed E-state index contributed by atoms with van der Waals surface area (Å²) in [5.41, 5.74) is 1.82. The van der Waals surface area contributed by atoms with Crippen LogP contribution < -0.4 is 5.84 Å². The minimum atomic E-state index is -0.0811. The smallest absolute Gasteiger partial charge is 0.152 e. The average molecular weight is 188 g/mol. The van der Waals surface area contributed by atoms with Crippen molar-refractivity contribution in [3.63, 3.8) is 0 Å². The van der Waals surface area contributed by atoms with Gasteiger partial charge in [0, 0.05) is 11.8 Å². The SMILES string of the molecule is CC1N=NC(c2ccccc2)=CN1N. The third-order valence-corrected chi connectivity index (χ3v) is 2.10. The number of nitrogens with zero attached hydrogens (tertiary/aromatic N) is 3.